The lowest BCUT2D eigenvalue weighted by molar-refractivity contribution is -0.145. The van der Waals surface area contributed by atoms with Gasteiger partial charge in [-0.05, 0) is 32.9 Å². The van der Waals surface area contributed by atoms with Crippen LogP contribution in [0.5, 0.6) is 0 Å². The van der Waals surface area contributed by atoms with E-state index in [-0.39, 0.29) is 6.54 Å². The van der Waals surface area contributed by atoms with Crippen LogP contribution >= 0.6 is 0 Å². The van der Waals surface area contributed by atoms with Gasteiger partial charge in [-0.25, -0.2) is 9.59 Å². The van der Waals surface area contributed by atoms with Crippen molar-refractivity contribution < 1.29 is 24.5 Å². The van der Waals surface area contributed by atoms with Crippen LogP contribution in [-0.2, 0) is 9.53 Å². The monoisotopic (exact) mass is 281 g/mol. The number of hydrogen-bond acceptors (Lipinski definition) is 4. The number of para-hydroxylation sites is 1. The standard InChI is InChI=1S/C14H19NO5/c1-14(2,3)20-13(19)15(9-11(16)12(17)18)10-7-5-4-6-8-10/h4-8,11,16H,9H2,1-3H3,(H,17,18). The van der Waals surface area contributed by atoms with Crippen LogP contribution in [0.25, 0.3) is 0 Å². The van der Waals surface area contributed by atoms with Crippen LogP contribution in [0.15, 0.2) is 30.3 Å². The normalized spacial score (nSPS) is 12.6. The van der Waals surface area contributed by atoms with Gasteiger partial charge in [0.05, 0.1) is 6.54 Å². The van der Waals surface area contributed by atoms with Crippen LogP contribution in [0.2, 0.25) is 0 Å². The Morgan fingerprint density at radius 3 is 2.25 bits per heavy atom. The molecule has 110 valence electrons. The molecule has 2 N–H and O–H groups in total. The fourth-order valence-corrected chi connectivity index (χ4v) is 1.46. The number of carbonyl (C=O) groups excluding carboxylic acids is 1. The molecule has 6 heteroatoms. The minimum atomic E-state index is -1.68. The van der Waals surface area contributed by atoms with Gasteiger partial charge in [-0.15, -0.1) is 0 Å². The molecule has 0 aromatic heterocycles. The number of aliphatic hydroxyl groups is 1. The Morgan fingerprint density at radius 1 is 1.25 bits per heavy atom. The molecule has 1 aromatic carbocycles. The van der Waals surface area contributed by atoms with Crippen molar-refractivity contribution in [2.75, 3.05) is 11.4 Å². The molecule has 0 bridgehead atoms. The van der Waals surface area contributed by atoms with E-state index in [1.165, 1.54) is 0 Å². The molecular formula is C14H19NO5. The summed E-state index contributed by atoms with van der Waals surface area (Å²) in [6, 6.07) is 8.46. The summed E-state index contributed by atoms with van der Waals surface area (Å²) >= 11 is 0. The van der Waals surface area contributed by atoms with E-state index in [0.717, 1.165) is 4.90 Å². The van der Waals surface area contributed by atoms with Crippen molar-refractivity contribution in [3.63, 3.8) is 0 Å². The zero-order chi connectivity index (χ0) is 15.3. The lowest BCUT2D eigenvalue weighted by Crippen LogP contribution is -2.43. The number of hydrogen-bond donors (Lipinski definition) is 2. The number of benzene rings is 1. The minimum absolute atomic E-state index is 0.381. The summed E-state index contributed by atoms with van der Waals surface area (Å²) in [4.78, 5) is 24.0. The van der Waals surface area contributed by atoms with Crippen LogP contribution in [0.4, 0.5) is 10.5 Å². The highest BCUT2D eigenvalue weighted by molar-refractivity contribution is 5.89. The molecule has 0 aliphatic heterocycles. The number of aliphatic carboxylic acids is 1. The van der Waals surface area contributed by atoms with Gasteiger partial charge in [0.25, 0.3) is 0 Å². The first kappa shape index (κ1) is 16.0. The smallest absolute Gasteiger partial charge is 0.414 e. The third-order valence-electron chi connectivity index (χ3n) is 2.32. The van der Waals surface area contributed by atoms with Crippen LogP contribution in [0, 0.1) is 0 Å². The van der Waals surface area contributed by atoms with Crippen molar-refractivity contribution >= 4 is 17.7 Å². The minimum Gasteiger partial charge on any atom is -0.479 e. The first-order valence-electron chi connectivity index (χ1n) is 6.17. The molecule has 0 aliphatic rings. The van der Waals surface area contributed by atoms with Crippen LogP contribution in [-0.4, -0.2) is 40.5 Å². The molecule has 0 radical (unpaired) electrons. The summed E-state index contributed by atoms with van der Waals surface area (Å²) in [6.07, 6.45) is -2.38. The van der Waals surface area contributed by atoms with E-state index in [1.807, 2.05) is 0 Å². The van der Waals surface area contributed by atoms with Crippen molar-refractivity contribution in [3.8, 4) is 0 Å². The third-order valence-corrected chi connectivity index (χ3v) is 2.32. The summed E-state index contributed by atoms with van der Waals surface area (Å²) in [6.45, 7) is 4.75. The van der Waals surface area contributed by atoms with Crippen LogP contribution in [0.3, 0.4) is 0 Å². The van der Waals surface area contributed by atoms with Crippen LogP contribution in [0.1, 0.15) is 20.8 Å². The summed E-state index contributed by atoms with van der Waals surface area (Å²) in [5, 5.41) is 18.2. The molecule has 1 unspecified atom stereocenters. The molecule has 1 aromatic rings. The van der Waals surface area contributed by atoms with Gasteiger partial charge in [0.1, 0.15) is 5.60 Å². The van der Waals surface area contributed by atoms with Gasteiger partial charge in [-0.2, -0.15) is 0 Å². The highest BCUT2D eigenvalue weighted by Gasteiger charge is 2.27. The number of aliphatic hydroxyl groups excluding tert-OH is 1. The molecular weight excluding hydrogens is 262 g/mol. The van der Waals surface area contributed by atoms with E-state index >= 15 is 0 Å². The van der Waals surface area contributed by atoms with E-state index in [9.17, 15) is 14.7 Å². The van der Waals surface area contributed by atoms with Gasteiger partial charge in [-0.1, -0.05) is 18.2 Å². The number of anilines is 1. The van der Waals surface area contributed by atoms with Gasteiger partial charge >= 0.3 is 12.1 Å². The molecule has 0 spiro atoms. The van der Waals surface area contributed by atoms with Gasteiger partial charge in [0.2, 0.25) is 0 Å². The van der Waals surface area contributed by atoms with Gasteiger partial charge in [-0.3, -0.25) is 4.90 Å². The number of rotatable bonds is 4. The van der Waals surface area contributed by atoms with Crippen molar-refractivity contribution in [1.82, 2.24) is 0 Å². The van der Waals surface area contributed by atoms with Crippen molar-refractivity contribution in [2.45, 2.75) is 32.5 Å². The predicted octanol–water partition coefficient (Wildman–Crippen LogP) is 1.87. The maximum absolute atomic E-state index is 12.1. The number of carboxylic acid groups (broad SMARTS) is 1. The second-order valence-corrected chi connectivity index (χ2v) is 5.28. The number of ether oxygens (including phenoxy) is 1. The Labute approximate surface area is 117 Å². The maximum atomic E-state index is 12.1. The molecule has 0 fully saturated rings. The van der Waals surface area contributed by atoms with Crippen molar-refractivity contribution in [3.05, 3.63) is 30.3 Å². The highest BCUT2D eigenvalue weighted by Crippen LogP contribution is 2.18. The second-order valence-electron chi connectivity index (χ2n) is 5.28. The largest absolute Gasteiger partial charge is 0.479 e. The molecule has 20 heavy (non-hydrogen) atoms. The molecule has 1 amide bonds. The summed E-state index contributed by atoms with van der Waals surface area (Å²) in [7, 11) is 0. The Balaban J connectivity index is 2.96. The molecule has 0 saturated heterocycles. The summed E-state index contributed by atoms with van der Waals surface area (Å²) in [5.41, 5.74) is -0.250. The Bertz CT molecular complexity index is 466. The van der Waals surface area contributed by atoms with Crippen molar-refractivity contribution in [2.24, 2.45) is 0 Å². The lowest BCUT2D eigenvalue weighted by atomic mass is 10.2. The Kier molecular flexibility index (Phi) is 5.10. The predicted molar refractivity (Wildman–Crippen MR) is 73.7 cm³/mol. The zero-order valence-electron chi connectivity index (χ0n) is 11.7. The zero-order valence-corrected chi connectivity index (χ0v) is 11.7. The highest BCUT2D eigenvalue weighted by atomic mass is 16.6. The quantitative estimate of drug-likeness (QED) is 0.879. The number of nitrogens with zero attached hydrogens (tertiary/aromatic N) is 1. The molecule has 1 atom stereocenters. The number of amides is 1. The topological polar surface area (TPSA) is 87.1 Å². The molecule has 0 heterocycles. The number of carboxylic acids is 1. The maximum Gasteiger partial charge on any atom is 0.414 e. The number of carbonyl (C=O) groups is 2. The molecule has 0 aliphatic carbocycles. The molecule has 6 nitrogen and oxygen atoms in total. The summed E-state index contributed by atoms with van der Waals surface area (Å²) in [5.74, 6) is -1.39. The first-order chi connectivity index (χ1) is 9.20. The average molecular weight is 281 g/mol. The van der Waals surface area contributed by atoms with Crippen molar-refractivity contribution in [1.29, 1.82) is 0 Å². The van der Waals surface area contributed by atoms with E-state index in [1.54, 1.807) is 51.1 Å². The van der Waals surface area contributed by atoms with Gasteiger partial charge in [0, 0.05) is 5.69 Å². The fraction of sp³-hybridized carbons (Fsp3) is 0.429. The van der Waals surface area contributed by atoms with E-state index in [0.29, 0.717) is 5.69 Å². The van der Waals surface area contributed by atoms with E-state index < -0.39 is 23.8 Å². The van der Waals surface area contributed by atoms with Crippen LogP contribution < -0.4 is 4.90 Å². The molecule has 0 saturated carbocycles. The Hall–Kier alpha value is -2.08. The third kappa shape index (κ3) is 4.89. The van der Waals surface area contributed by atoms with E-state index in [4.69, 9.17) is 9.84 Å². The van der Waals surface area contributed by atoms with Gasteiger partial charge < -0.3 is 14.9 Å². The summed E-state index contributed by atoms with van der Waals surface area (Å²) < 4.78 is 5.22. The van der Waals surface area contributed by atoms with E-state index in [2.05, 4.69) is 0 Å². The van der Waals surface area contributed by atoms with Gasteiger partial charge in [0.15, 0.2) is 6.10 Å². The molecule has 1 rings (SSSR count). The average Bonchev–Trinajstić information content (AvgIpc) is 2.34. The lowest BCUT2D eigenvalue weighted by Gasteiger charge is -2.28. The second kappa shape index (κ2) is 6.38. The SMILES string of the molecule is CC(C)(C)OC(=O)N(CC(O)C(=O)O)c1ccccc1. The first-order valence-corrected chi connectivity index (χ1v) is 6.17. The Morgan fingerprint density at radius 2 is 1.80 bits per heavy atom. The fourth-order valence-electron chi connectivity index (χ4n) is 1.46.